The molecule has 1 aromatic rings. The summed E-state index contributed by atoms with van der Waals surface area (Å²) >= 11 is 6.24. The molecule has 2 amide bonds. The van der Waals surface area contributed by atoms with E-state index in [9.17, 15) is 14.4 Å². The molecule has 26 heavy (non-hydrogen) atoms. The Kier molecular flexibility index (Phi) is 6.26. The number of halogens is 1. The van der Waals surface area contributed by atoms with Crippen molar-refractivity contribution in [3.05, 3.63) is 28.8 Å². The Labute approximate surface area is 157 Å². The van der Waals surface area contributed by atoms with Crippen LogP contribution in [0.3, 0.4) is 0 Å². The number of anilines is 1. The van der Waals surface area contributed by atoms with Crippen LogP contribution in [0.2, 0.25) is 5.02 Å². The zero-order valence-corrected chi connectivity index (χ0v) is 15.8. The summed E-state index contributed by atoms with van der Waals surface area (Å²) in [6, 6.07) is 4.64. The van der Waals surface area contributed by atoms with Gasteiger partial charge in [0.15, 0.2) is 0 Å². The summed E-state index contributed by atoms with van der Waals surface area (Å²) in [4.78, 5) is 37.9. The molecule has 0 radical (unpaired) electrons. The number of rotatable bonds is 5. The second-order valence-electron chi connectivity index (χ2n) is 6.53. The molecule has 2 atom stereocenters. The van der Waals surface area contributed by atoms with Crippen molar-refractivity contribution in [1.29, 1.82) is 0 Å². The highest BCUT2D eigenvalue weighted by molar-refractivity contribution is 6.34. The number of benzene rings is 1. The molecule has 1 aliphatic heterocycles. The number of nitrogens with zero attached hydrogens (tertiary/aromatic N) is 1. The molecule has 7 nitrogen and oxygen atoms in total. The minimum atomic E-state index is -2.02. The van der Waals surface area contributed by atoms with Gasteiger partial charge in [0.1, 0.15) is 0 Å². The van der Waals surface area contributed by atoms with Gasteiger partial charge in [-0.05, 0) is 51.3 Å². The monoisotopic (exact) mass is 382 g/mol. The van der Waals surface area contributed by atoms with Gasteiger partial charge in [-0.1, -0.05) is 11.6 Å². The van der Waals surface area contributed by atoms with Crippen molar-refractivity contribution >= 4 is 35.1 Å². The molecule has 2 unspecified atom stereocenters. The van der Waals surface area contributed by atoms with Crippen molar-refractivity contribution in [3.8, 4) is 0 Å². The predicted octanol–water partition coefficient (Wildman–Crippen LogP) is 2.78. The fraction of sp³-hybridized carbons (Fsp3) is 0.500. The lowest BCUT2D eigenvalue weighted by molar-refractivity contribution is -0.165. The largest absolute Gasteiger partial charge is 0.479 e. The first-order valence-electron chi connectivity index (χ1n) is 8.41. The molecular formula is C18H23ClN2O5. The number of aliphatic carboxylic acids is 1. The Morgan fingerprint density at radius 2 is 2.04 bits per heavy atom. The molecular weight excluding hydrogens is 360 g/mol. The fourth-order valence-corrected chi connectivity index (χ4v) is 3.11. The number of nitrogens with one attached hydrogen (secondary N) is 1. The van der Waals surface area contributed by atoms with Crippen molar-refractivity contribution in [3.63, 3.8) is 0 Å². The highest BCUT2D eigenvalue weighted by Crippen LogP contribution is 2.26. The summed E-state index contributed by atoms with van der Waals surface area (Å²) in [5.41, 5.74) is -1.39. The summed E-state index contributed by atoms with van der Waals surface area (Å²) in [6.07, 6.45) is 3.03. The Balaban J connectivity index is 2.18. The van der Waals surface area contributed by atoms with E-state index in [1.54, 1.807) is 4.90 Å². The first-order chi connectivity index (χ1) is 12.2. The van der Waals surface area contributed by atoms with Gasteiger partial charge >= 0.3 is 5.97 Å². The molecule has 0 aliphatic carbocycles. The second-order valence-corrected chi connectivity index (χ2v) is 6.94. The van der Waals surface area contributed by atoms with Crippen LogP contribution in [0.5, 0.6) is 0 Å². The van der Waals surface area contributed by atoms with Crippen LogP contribution in [0.1, 0.15) is 43.5 Å². The van der Waals surface area contributed by atoms with Gasteiger partial charge in [-0.2, -0.15) is 0 Å². The van der Waals surface area contributed by atoms with E-state index in [0.717, 1.165) is 33.3 Å². The first kappa shape index (κ1) is 20.2. The van der Waals surface area contributed by atoms with Crippen molar-refractivity contribution in [1.82, 2.24) is 4.90 Å². The minimum Gasteiger partial charge on any atom is -0.479 e. The smallest absolute Gasteiger partial charge is 0.345 e. The molecule has 0 spiro atoms. The molecule has 2 rings (SSSR count). The number of hydrogen-bond donors (Lipinski definition) is 2. The Morgan fingerprint density at radius 3 is 2.58 bits per heavy atom. The fourth-order valence-electron chi connectivity index (χ4n) is 2.85. The molecule has 8 heteroatoms. The van der Waals surface area contributed by atoms with Gasteiger partial charge in [0.2, 0.25) is 5.60 Å². The third kappa shape index (κ3) is 3.99. The molecule has 1 heterocycles. The maximum Gasteiger partial charge on any atom is 0.345 e. The van der Waals surface area contributed by atoms with Crippen molar-refractivity contribution in [2.24, 2.45) is 0 Å². The first-order valence-corrected chi connectivity index (χ1v) is 8.79. The standard InChI is InChI=1S/C18H23ClN2O5/c1-11-6-4-5-9-21(11)15(22)13-8-7-12(10-14(13)19)20-16(23)18(2,26-3)17(24)25/h7-8,10-11H,4-6,9H2,1-3H3,(H,20,23)(H,24,25). The number of piperidine rings is 1. The number of amides is 2. The van der Waals surface area contributed by atoms with E-state index >= 15 is 0 Å². The van der Waals surface area contributed by atoms with Gasteiger partial charge in [-0.15, -0.1) is 0 Å². The summed E-state index contributed by atoms with van der Waals surface area (Å²) < 4.78 is 4.81. The molecule has 0 saturated carbocycles. The van der Waals surface area contributed by atoms with E-state index < -0.39 is 17.5 Å². The molecule has 1 saturated heterocycles. The number of methoxy groups -OCH3 is 1. The van der Waals surface area contributed by atoms with Gasteiger partial charge < -0.3 is 20.1 Å². The quantitative estimate of drug-likeness (QED) is 0.763. The molecule has 142 valence electrons. The van der Waals surface area contributed by atoms with E-state index in [-0.39, 0.29) is 22.7 Å². The van der Waals surface area contributed by atoms with Crippen LogP contribution in [0.15, 0.2) is 18.2 Å². The van der Waals surface area contributed by atoms with Gasteiger partial charge in [0.25, 0.3) is 11.8 Å². The van der Waals surface area contributed by atoms with E-state index in [4.69, 9.17) is 21.4 Å². The van der Waals surface area contributed by atoms with Crippen LogP contribution in [0.4, 0.5) is 5.69 Å². The lowest BCUT2D eigenvalue weighted by Crippen LogP contribution is -2.48. The Morgan fingerprint density at radius 1 is 1.35 bits per heavy atom. The van der Waals surface area contributed by atoms with E-state index in [2.05, 4.69) is 5.32 Å². The van der Waals surface area contributed by atoms with Crippen molar-refractivity contribution in [2.45, 2.75) is 44.8 Å². The normalized spacial score (nSPS) is 19.5. The van der Waals surface area contributed by atoms with Crippen LogP contribution in [-0.2, 0) is 14.3 Å². The molecule has 1 aromatic carbocycles. The van der Waals surface area contributed by atoms with Gasteiger partial charge in [0, 0.05) is 25.4 Å². The lowest BCUT2D eigenvalue weighted by Gasteiger charge is -2.33. The number of carbonyl (C=O) groups is 3. The van der Waals surface area contributed by atoms with Crippen molar-refractivity contribution in [2.75, 3.05) is 19.0 Å². The maximum atomic E-state index is 12.7. The Bertz CT molecular complexity index is 724. The minimum absolute atomic E-state index is 0.146. The maximum absolute atomic E-state index is 12.7. The number of carboxylic acids is 1. The van der Waals surface area contributed by atoms with Crippen LogP contribution in [-0.4, -0.2) is 53.1 Å². The predicted molar refractivity (Wildman–Crippen MR) is 97.5 cm³/mol. The van der Waals surface area contributed by atoms with Crippen LogP contribution >= 0.6 is 11.6 Å². The third-order valence-corrected chi connectivity index (χ3v) is 5.08. The molecule has 0 bridgehead atoms. The summed E-state index contributed by atoms with van der Waals surface area (Å²) in [5.74, 6) is -2.39. The average molecular weight is 383 g/mol. The van der Waals surface area contributed by atoms with Gasteiger partial charge in [-0.25, -0.2) is 4.79 Å². The van der Waals surface area contributed by atoms with E-state index in [0.29, 0.717) is 12.1 Å². The summed E-state index contributed by atoms with van der Waals surface area (Å²) in [5, 5.41) is 11.8. The number of likely N-dealkylation sites (tertiary alicyclic amines) is 1. The number of ether oxygens (including phenoxy) is 1. The second kappa shape index (κ2) is 8.05. The van der Waals surface area contributed by atoms with Gasteiger partial charge in [0.05, 0.1) is 10.6 Å². The summed E-state index contributed by atoms with van der Waals surface area (Å²) in [7, 11) is 1.14. The highest BCUT2D eigenvalue weighted by atomic mass is 35.5. The zero-order chi connectivity index (χ0) is 19.5. The lowest BCUT2D eigenvalue weighted by atomic mass is 10.0. The summed E-state index contributed by atoms with van der Waals surface area (Å²) in [6.45, 7) is 3.86. The molecule has 1 aliphatic rings. The zero-order valence-electron chi connectivity index (χ0n) is 15.0. The molecule has 2 N–H and O–H groups in total. The van der Waals surface area contributed by atoms with Crippen LogP contribution < -0.4 is 5.32 Å². The van der Waals surface area contributed by atoms with Gasteiger partial charge in [-0.3, -0.25) is 9.59 Å². The van der Waals surface area contributed by atoms with E-state index in [1.165, 1.54) is 18.2 Å². The highest BCUT2D eigenvalue weighted by Gasteiger charge is 2.41. The molecule has 1 fully saturated rings. The Hall–Kier alpha value is -2.12. The van der Waals surface area contributed by atoms with Crippen molar-refractivity contribution < 1.29 is 24.2 Å². The number of hydrogen-bond acceptors (Lipinski definition) is 4. The number of carbonyl (C=O) groups excluding carboxylic acids is 2. The third-order valence-electron chi connectivity index (χ3n) is 4.77. The number of carboxylic acid groups (broad SMARTS) is 1. The average Bonchev–Trinajstić information content (AvgIpc) is 2.60. The van der Waals surface area contributed by atoms with Crippen LogP contribution in [0.25, 0.3) is 0 Å². The SMILES string of the molecule is COC(C)(C(=O)O)C(=O)Nc1ccc(C(=O)N2CCCCC2C)c(Cl)c1. The topological polar surface area (TPSA) is 95.9 Å². The van der Waals surface area contributed by atoms with E-state index in [1.807, 2.05) is 6.92 Å². The van der Waals surface area contributed by atoms with Crippen LogP contribution in [0, 0.1) is 0 Å². The molecule has 0 aromatic heterocycles.